The molecule has 0 aliphatic carbocycles. The fraction of sp³-hybridized carbons (Fsp3) is 1.00. The third-order valence-corrected chi connectivity index (χ3v) is 2.50. The van der Waals surface area contributed by atoms with Crippen molar-refractivity contribution in [2.24, 2.45) is 0 Å². The average Bonchev–Trinajstić information content (AvgIpc) is 1.94. The van der Waals surface area contributed by atoms with E-state index in [2.05, 4.69) is 5.32 Å². The Bertz CT molecular complexity index is 184. The summed E-state index contributed by atoms with van der Waals surface area (Å²) in [7, 11) is -0.862. The minimum Gasteiger partial charge on any atom is -0.314 e. The molecule has 0 aromatic carbocycles. The summed E-state index contributed by atoms with van der Waals surface area (Å²) in [6.07, 6.45) is -2.70. The molecule has 0 aliphatic heterocycles. The molecule has 0 radical (unpaired) electrons. The van der Waals surface area contributed by atoms with Crippen molar-refractivity contribution in [3.8, 4) is 0 Å². The van der Waals surface area contributed by atoms with Gasteiger partial charge in [-0.15, -0.1) is 0 Å². The summed E-state index contributed by atoms with van der Waals surface area (Å²) in [6, 6.07) is -0.569. The maximum Gasteiger partial charge on any atom is 0.390 e. The molecule has 14 heavy (non-hydrogen) atoms. The van der Waals surface area contributed by atoms with E-state index < -0.39 is 29.4 Å². The second-order valence-electron chi connectivity index (χ2n) is 3.31. The zero-order valence-electron chi connectivity index (χ0n) is 8.36. The fourth-order valence-corrected chi connectivity index (χ4v) is 1.59. The molecule has 2 nitrogen and oxygen atoms in total. The number of nitrogens with one attached hydrogen (secondary N) is 1. The van der Waals surface area contributed by atoms with E-state index in [0.717, 1.165) is 0 Å². The molecule has 2 unspecified atom stereocenters. The molecule has 0 amide bonds. The molecule has 0 heterocycles. The van der Waals surface area contributed by atoms with Gasteiger partial charge in [0.2, 0.25) is 0 Å². The molecule has 0 aliphatic rings. The van der Waals surface area contributed by atoms with Gasteiger partial charge in [-0.1, -0.05) is 0 Å². The summed E-state index contributed by atoms with van der Waals surface area (Å²) in [5.41, 5.74) is 0. The molecule has 86 valence electrons. The highest BCUT2D eigenvalue weighted by Gasteiger charge is 2.29. The molecule has 0 fully saturated rings. The lowest BCUT2D eigenvalue weighted by atomic mass is 10.2. The Morgan fingerprint density at radius 1 is 1.43 bits per heavy atom. The van der Waals surface area contributed by atoms with Crippen LogP contribution < -0.4 is 5.32 Å². The molecule has 0 spiro atoms. The summed E-state index contributed by atoms with van der Waals surface area (Å²) in [5.74, 6) is 0.533. The lowest BCUT2D eigenvalue weighted by Crippen LogP contribution is -2.32. The average molecular weight is 231 g/mol. The van der Waals surface area contributed by atoms with Crippen LogP contribution in [0.5, 0.6) is 0 Å². The van der Waals surface area contributed by atoms with E-state index >= 15 is 0 Å². The fourth-order valence-electron chi connectivity index (χ4n) is 1.04. The zero-order valence-corrected chi connectivity index (χ0v) is 9.17. The van der Waals surface area contributed by atoms with Crippen LogP contribution >= 0.6 is 0 Å². The van der Waals surface area contributed by atoms with E-state index in [1.54, 1.807) is 6.26 Å². The quantitative estimate of drug-likeness (QED) is 0.705. The first-order valence-corrected chi connectivity index (χ1v) is 6.14. The Balaban J connectivity index is 3.45. The van der Waals surface area contributed by atoms with Crippen molar-refractivity contribution in [3.63, 3.8) is 0 Å². The zero-order chi connectivity index (χ0) is 11.2. The highest BCUT2D eigenvalue weighted by molar-refractivity contribution is 7.84. The van der Waals surface area contributed by atoms with Crippen LogP contribution in [-0.2, 0) is 10.8 Å². The molecule has 6 heteroatoms. The number of alkyl halides is 3. The molecular weight excluding hydrogens is 215 g/mol. The summed E-state index contributed by atoms with van der Waals surface area (Å²) < 4.78 is 46.2. The molecule has 0 aromatic rings. The molecule has 0 rings (SSSR count). The van der Waals surface area contributed by atoms with Crippen LogP contribution in [0, 0.1) is 0 Å². The second kappa shape index (κ2) is 6.40. The first kappa shape index (κ1) is 13.9. The van der Waals surface area contributed by atoms with Gasteiger partial charge in [0.25, 0.3) is 0 Å². The highest BCUT2D eigenvalue weighted by Crippen LogP contribution is 2.21. The molecule has 0 saturated heterocycles. The van der Waals surface area contributed by atoms with Gasteiger partial charge in [0.15, 0.2) is 0 Å². The van der Waals surface area contributed by atoms with Crippen LogP contribution in [0.3, 0.4) is 0 Å². The smallest absolute Gasteiger partial charge is 0.314 e. The Kier molecular flexibility index (Phi) is 6.35. The lowest BCUT2D eigenvalue weighted by molar-refractivity contribution is -0.138. The van der Waals surface area contributed by atoms with Gasteiger partial charge in [0.1, 0.15) is 0 Å². The predicted molar refractivity (Wildman–Crippen MR) is 51.7 cm³/mol. The van der Waals surface area contributed by atoms with E-state index in [1.807, 2.05) is 0 Å². The van der Waals surface area contributed by atoms with Gasteiger partial charge in [-0.05, 0) is 19.9 Å². The van der Waals surface area contributed by atoms with Crippen molar-refractivity contribution < 1.29 is 17.4 Å². The van der Waals surface area contributed by atoms with Gasteiger partial charge < -0.3 is 5.32 Å². The second-order valence-corrected chi connectivity index (χ2v) is 4.86. The Hall–Kier alpha value is -0.100. The van der Waals surface area contributed by atoms with Gasteiger partial charge in [-0.2, -0.15) is 13.2 Å². The monoisotopic (exact) mass is 231 g/mol. The third-order valence-electron chi connectivity index (χ3n) is 1.64. The molecule has 0 saturated carbocycles. The van der Waals surface area contributed by atoms with E-state index in [1.165, 1.54) is 6.92 Å². The third kappa shape index (κ3) is 9.98. The van der Waals surface area contributed by atoms with E-state index in [4.69, 9.17) is 0 Å². The maximum absolute atomic E-state index is 11.9. The summed E-state index contributed by atoms with van der Waals surface area (Å²) in [6.45, 7) is 1.98. The van der Waals surface area contributed by atoms with E-state index in [-0.39, 0.29) is 0 Å². The normalized spacial score (nSPS) is 16.6. The van der Waals surface area contributed by atoms with E-state index in [9.17, 15) is 17.4 Å². The van der Waals surface area contributed by atoms with Crippen molar-refractivity contribution in [3.05, 3.63) is 0 Å². The van der Waals surface area contributed by atoms with Gasteiger partial charge in [0, 0.05) is 28.9 Å². The number of halogens is 3. The Labute approximate surface area is 84.7 Å². The minimum atomic E-state index is -4.11. The van der Waals surface area contributed by atoms with Crippen molar-refractivity contribution in [1.82, 2.24) is 5.32 Å². The van der Waals surface area contributed by atoms with Crippen molar-refractivity contribution in [2.75, 3.05) is 18.6 Å². The van der Waals surface area contributed by atoms with Gasteiger partial charge in [-0.25, -0.2) is 0 Å². The SMILES string of the molecule is CC(CC(F)(F)F)NCCCS(C)=O. The van der Waals surface area contributed by atoms with Crippen LogP contribution in [0.4, 0.5) is 13.2 Å². The van der Waals surface area contributed by atoms with Gasteiger partial charge >= 0.3 is 6.18 Å². The largest absolute Gasteiger partial charge is 0.390 e. The standard InChI is InChI=1S/C8H16F3NOS/c1-7(6-8(9,10)11)12-4-3-5-14(2)13/h7,12H,3-6H2,1-2H3. The minimum absolute atomic E-state index is 0.483. The van der Waals surface area contributed by atoms with Crippen molar-refractivity contribution in [2.45, 2.75) is 32.0 Å². The van der Waals surface area contributed by atoms with Crippen LogP contribution in [0.25, 0.3) is 0 Å². The number of hydrogen-bond donors (Lipinski definition) is 1. The van der Waals surface area contributed by atoms with Gasteiger partial charge in [0.05, 0.1) is 6.42 Å². The Morgan fingerprint density at radius 2 is 2.00 bits per heavy atom. The summed E-state index contributed by atoms with van der Waals surface area (Å²) in [5, 5.41) is 2.74. The van der Waals surface area contributed by atoms with Crippen molar-refractivity contribution in [1.29, 1.82) is 0 Å². The summed E-state index contributed by atoms with van der Waals surface area (Å²) >= 11 is 0. The molecule has 0 bridgehead atoms. The first-order valence-electron chi connectivity index (χ1n) is 4.41. The first-order chi connectivity index (χ1) is 6.31. The Morgan fingerprint density at radius 3 is 2.43 bits per heavy atom. The lowest BCUT2D eigenvalue weighted by Gasteiger charge is -2.15. The van der Waals surface area contributed by atoms with Crippen LogP contribution in [0.2, 0.25) is 0 Å². The molecule has 1 N–H and O–H groups in total. The number of hydrogen-bond acceptors (Lipinski definition) is 2. The highest BCUT2D eigenvalue weighted by atomic mass is 32.2. The van der Waals surface area contributed by atoms with Crippen molar-refractivity contribution >= 4 is 10.8 Å². The van der Waals surface area contributed by atoms with Gasteiger partial charge in [-0.3, -0.25) is 4.21 Å². The van der Waals surface area contributed by atoms with Crippen LogP contribution in [-0.4, -0.2) is 35.0 Å². The molecule has 0 aromatic heterocycles. The number of rotatable bonds is 6. The topological polar surface area (TPSA) is 29.1 Å². The summed E-state index contributed by atoms with van der Waals surface area (Å²) in [4.78, 5) is 0. The molecular formula is C8H16F3NOS. The van der Waals surface area contributed by atoms with Crippen LogP contribution in [0.15, 0.2) is 0 Å². The molecule has 2 atom stereocenters. The maximum atomic E-state index is 11.9. The predicted octanol–water partition coefficient (Wildman–Crippen LogP) is 1.69. The van der Waals surface area contributed by atoms with Crippen LogP contribution in [0.1, 0.15) is 19.8 Å². The van der Waals surface area contributed by atoms with E-state index in [0.29, 0.717) is 18.7 Å².